The highest BCUT2D eigenvalue weighted by Crippen LogP contribution is 2.15. The number of carbonyl (C=O) groups excluding carboxylic acids is 1. The van der Waals surface area contributed by atoms with Crippen molar-refractivity contribution in [2.24, 2.45) is 0 Å². The van der Waals surface area contributed by atoms with Crippen LogP contribution >= 0.6 is 24.0 Å². The summed E-state index contributed by atoms with van der Waals surface area (Å²) in [4.78, 5) is 11.8. The monoisotopic (exact) mass is 318 g/mol. The van der Waals surface area contributed by atoms with E-state index in [4.69, 9.17) is 16.3 Å². The van der Waals surface area contributed by atoms with Crippen molar-refractivity contribution in [3.8, 4) is 5.75 Å². The van der Waals surface area contributed by atoms with Gasteiger partial charge >= 0.3 is 0 Å². The summed E-state index contributed by atoms with van der Waals surface area (Å²) in [5.74, 6) is 0.828. The third kappa shape index (κ3) is 5.57. The molecule has 2 rings (SSSR count). The number of hydrogen-bond acceptors (Lipinski definition) is 3. The molecule has 0 bridgehead atoms. The zero-order valence-corrected chi connectivity index (χ0v) is 12.8. The summed E-state index contributed by atoms with van der Waals surface area (Å²) < 4.78 is 5.50. The maximum Gasteiger partial charge on any atom is 0.237 e. The van der Waals surface area contributed by atoms with E-state index in [1.165, 1.54) is 0 Å². The summed E-state index contributed by atoms with van der Waals surface area (Å²) in [6, 6.07) is 7.15. The lowest BCUT2D eigenvalue weighted by atomic mass is 10.0. The molecule has 1 aromatic carbocycles. The van der Waals surface area contributed by atoms with Crippen LogP contribution in [0.5, 0.6) is 5.75 Å². The van der Waals surface area contributed by atoms with Crippen LogP contribution in [0.1, 0.15) is 19.3 Å². The van der Waals surface area contributed by atoms with Crippen molar-refractivity contribution < 1.29 is 9.53 Å². The van der Waals surface area contributed by atoms with Gasteiger partial charge in [0, 0.05) is 5.02 Å². The minimum Gasteiger partial charge on any atom is -0.492 e. The van der Waals surface area contributed by atoms with E-state index in [-0.39, 0.29) is 24.4 Å². The molecule has 1 atom stereocenters. The van der Waals surface area contributed by atoms with Crippen molar-refractivity contribution in [1.82, 2.24) is 10.6 Å². The maximum absolute atomic E-state index is 11.8. The van der Waals surface area contributed by atoms with E-state index in [0.717, 1.165) is 31.6 Å². The van der Waals surface area contributed by atoms with Crippen LogP contribution in [0.3, 0.4) is 0 Å². The zero-order chi connectivity index (χ0) is 13.5. The quantitative estimate of drug-likeness (QED) is 0.820. The van der Waals surface area contributed by atoms with E-state index in [0.29, 0.717) is 18.2 Å². The van der Waals surface area contributed by atoms with Gasteiger partial charge in [-0.05, 0) is 43.7 Å². The molecular weight excluding hydrogens is 299 g/mol. The van der Waals surface area contributed by atoms with Crippen molar-refractivity contribution in [2.45, 2.75) is 25.3 Å². The third-order valence-electron chi connectivity index (χ3n) is 3.11. The van der Waals surface area contributed by atoms with E-state index in [2.05, 4.69) is 10.6 Å². The van der Waals surface area contributed by atoms with Crippen LogP contribution < -0.4 is 15.4 Å². The molecule has 4 nitrogen and oxygen atoms in total. The lowest BCUT2D eigenvalue weighted by Crippen LogP contribution is -2.47. The second-order valence-electron chi connectivity index (χ2n) is 4.60. The summed E-state index contributed by atoms with van der Waals surface area (Å²) >= 11 is 5.78. The van der Waals surface area contributed by atoms with Gasteiger partial charge in [0.25, 0.3) is 0 Å². The van der Waals surface area contributed by atoms with Crippen molar-refractivity contribution >= 4 is 29.9 Å². The number of halogens is 2. The van der Waals surface area contributed by atoms with Crippen LogP contribution in [0.2, 0.25) is 5.02 Å². The van der Waals surface area contributed by atoms with Crippen LogP contribution in [0.25, 0.3) is 0 Å². The molecule has 1 unspecified atom stereocenters. The number of ether oxygens (including phenoxy) is 1. The van der Waals surface area contributed by atoms with Crippen LogP contribution in [0.15, 0.2) is 24.3 Å². The first-order valence-electron chi connectivity index (χ1n) is 6.65. The Morgan fingerprint density at radius 1 is 1.35 bits per heavy atom. The van der Waals surface area contributed by atoms with Gasteiger partial charge in [-0.15, -0.1) is 12.4 Å². The molecule has 0 saturated carbocycles. The van der Waals surface area contributed by atoms with E-state index in [9.17, 15) is 4.79 Å². The van der Waals surface area contributed by atoms with Gasteiger partial charge in [0.05, 0.1) is 12.6 Å². The number of rotatable bonds is 5. The molecule has 6 heteroatoms. The highest BCUT2D eigenvalue weighted by Gasteiger charge is 2.19. The minimum absolute atomic E-state index is 0. The predicted molar refractivity (Wildman–Crippen MR) is 82.8 cm³/mol. The lowest BCUT2D eigenvalue weighted by molar-refractivity contribution is -0.123. The zero-order valence-electron chi connectivity index (χ0n) is 11.2. The fourth-order valence-electron chi connectivity index (χ4n) is 2.07. The van der Waals surface area contributed by atoms with E-state index in [1.54, 1.807) is 12.1 Å². The van der Waals surface area contributed by atoms with Gasteiger partial charge in [-0.3, -0.25) is 4.79 Å². The molecule has 20 heavy (non-hydrogen) atoms. The predicted octanol–water partition coefficient (Wildman–Crippen LogP) is 2.40. The number of hydrogen-bond donors (Lipinski definition) is 2. The van der Waals surface area contributed by atoms with Crippen LogP contribution in [0, 0.1) is 0 Å². The van der Waals surface area contributed by atoms with Gasteiger partial charge in [0.2, 0.25) is 5.91 Å². The molecule has 1 heterocycles. The second kappa shape index (κ2) is 9.06. The standard InChI is InChI=1S/C14H19ClN2O2.ClH/c15-11-4-6-12(7-5-11)19-10-9-17-14(18)13-3-1-2-8-16-13;/h4-7,13,16H,1-3,8-10H2,(H,17,18);1H. The van der Waals surface area contributed by atoms with Crippen LogP contribution in [-0.4, -0.2) is 31.6 Å². The fraction of sp³-hybridized carbons (Fsp3) is 0.500. The van der Waals surface area contributed by atoms with Gasteiger partial charge in [-0.1, -0.05) is 18.0 Å². The molecule has 0 spiro atoms. The Kier molecular flexibility index (Phi) is 7.73. The summed E-state index contributed by atoms with van der Waals surface area (Å²) in [6.45, 7) is 1.90. The first kappa shape index (κ1) is 17.1. The lowest BCUT2D eigenvalue weighted by Gasteiger charge is -2.22. The average Bonchev–Trinajstić information content (AvgIpc) is 2.46. The number of piperidine rings is 1. The summed E-state index contributed by atoms with van der Waals surface area (Å²) in [7, 11) is 0. The normalized spacial score (nSPS) is 17.9. The maximum atomic E-state index is 11.8. The molecule has 2 N–H and O–H groups in total. The third-order valence-corrected chi connectivity index (χ3v) is 3.36. The molecule has 0 aromatic heterocycles. The molecule has 1 amide bonds. The Bertz CT molecular complexity index is 406. The topological polar surface area (TPSA) is 50.4 Å². The summed E-state index contributed by atoms with van der Waals surface area (Å²) in [5.41, 5.74) is 0. The Hall–Kier alpha value is -0.970. The molecule has 1 aliphatic rings. The van der Waals surface area contributed by atoms with Gasteiger partial charge in [0.15, 0.2) is 0 Å². The number of nitrogens with one attached hydrogen (secondary N) is 2. The minimum atomic E-state index is -0.0377. The molecule has 1 saturated heterocycles. The number of carbonyl (C=O) groups is 1. The Morgan fingerprint density at radius 2 is 2.10 bits per heavy atom. The largest absolute Gasteiger partial charge is 0.492 e. The van der Waals surface area contributed by atoms with Gasteiger partial charge in [0.1, 0.15) is 12.4 Å². The molecule has 1 aromatic rings. The van der Waals surface area contributed by atoms with Crippen molar-refractivity contribution in [2.75, 3.05) is 19.7 Å². The van der Waals surface area contributed by atoms with Gasteiger partial charge < -0.3 is 15.4 Å². The van der Waals surface area contributed by atoms with E-state index in [1.807, 2.05) is 12.1 Å². The van der Waals surface area contributed by atoms with Crippen LogP contribution in [-0.2, 0) is 4.79 Å². The highest BCUT2D eigenvalue weighted by molar-refractivity contribution is 6.30. The molecular formula is C14H20Cl2N2O2. The number of amides is 1. The van der Waals surface area contributed by atoms with Crippen LogP contribution in [0.4, 0.5) is 0 Å². The molecule has 0 radical (unpaired) electrons. The first-order valence-corrected chi connectivity index (χ1v) is 7.03. The SMILES string of the molecule is Cl.O=C(NCCOc1ccc(Cl)cc1)C1CCCCN1. The molecule has 0 aliphatic carbocycles. The fourth-order valence-corrected chi connectivity index (χ4v) is 2.20. The highest BCUT2D eigenvalue weighted by atomic mass is 35.5. The average molecular weight is 319 g/mol. The van der Waals surface area contributed by atoms with E-state index >= 15 is 0 Å². The van der Waals surface area contributed by atoms with Crippen molar-refractivity contribution in [3.63, 3.8) is 0 Å². The van der Waals surface area contributed by atoms with Gasteiger partial charge in [-0.2, -0.15) is 0 Å². The Morgan fingerprint density at radius 3 is 2.75 bits per heavy atom. The smallest absolute Gasteiger partial charge is 0.237 e. The summed E-state index contributed by atoms with van der Waals surface area (Å²) in [6.07, 6.45) is 3.19. The van der Waals surface area contributed by atoms with E-state index < -0.39 is 0 Å². The molecule has 1 fully saturated rings. The Labute approximate surface area is 130 Å². The van der Waals surface area contributed by atoms with Gasteiger partial charge in [-0.25, -0.2) is 0 Å². The van der Waals surface area contributed by atoms with Crippen molar-refractivity contribution in [3.05, 3.63) is 29.3 Å². The first-order chi connectivity index (χ1) is 9.25. The second-order valence-corrected chi connectivity index (χ2v) is 5.03. The molecule has 112 valence electrons. The van der Waals surface area contributed by atoms with Crippen molar-refractivity contribution in [1.29, 1.82) is 0 Å². The Balaban J connectivity index is 0.00000200. The number of benzene rings is 1. The molecule has 1 aliphatic heterocycles. The summed E-state index contributed by atoms with van der Waals surface area (Å²) in [5, 5.41) is 6.78.